The van der Waals surface area contributed by atoms with Gasteiger partial charge in [0, 0.05) is 18.7 Å². The fourth-order valence-corrected chi connectivity index (χ4v) is 2.74. The smallest absolute Gasteiger partial charge is 0.316 e. The second-order valence-corrected chi connectivity index (χ2v) is 6.22. The molecular formula is C12H15N3O4S. The van der Waals surface area contributed by atoms with Crippen LogP contribution in [0.2, 0.25) is 0 Å². The third-order valence-electron chi connectivity index (χ3n) is 2.63. The lowest BCUT2D eigenvalue weighted by molar-refractivity contribution is -0.120. The summed E-state index contributed by atoms with van der Waals surface area (Å²) in [6, 6.07) is 4.68. The molecule has 0 bridgehead atoms. The van der Waals surface area contributed by atoms with Gasteiger partial charge in [0.15, 0.2) is 5.58 Å². The van der Waals surface area contributed by atoms with Gasteiger partial charge >= 0.3 is 5.22 Å². The Bertz CT molecular complexity index is 736. The van der Waals surface area contributed by atoms with Crippen LogP contribution >= 0.6 is 0 Å². The maximum atomic E-state index is 12.0. The largest absolute Gasteiger partial charge is 0.428 e. The van der Waals surface area contributed by atoms with E-state index in [4.69, 9.17) is 10.2 Å². The molecule has 0 aliphatic rings. The minimum absolute atomic E-state index is 0.128. The number of nitrogens with one attached hydrogen (secondary N) is 1. The summed E-state index contributed by atoms with van der Waals surface area (Å²) in [5, 5.41) is 2.15. The Morgan fingerprint density at radius 2 is 2.20 bits per heavy atom. The van der Waals surface area contributed by atoms with E-state index in [1.54, 1.807) is 19.1 Å². The van der Waals surface area contributed by atoms with Crippen molar-refractivity contribution in [1.82, 2.24) is 10.3 Å². The number of hydrogen-bond acceptors (Lipinski definition) is 6. The number of carbonyl (C=O) groups is 1. The second kappa shape index (κ2) is 5.49. The summed E-state index contributed by atoms with van der Waals surface area (Å²) in [4.78, 5) is 15.2. The molecule has 108 valence electrons. The third-order valence-corrected chi connectivity index (χ3v) is 4.08. The van der Waals surface area contributed by atoms with Crippen molar-refractivity contribution in [1.29, 1.82) is 0 Å². The van der Waals surface area contributed by atoms with Crippen molar-refractivity contribution in [2.75, 3.05) is 18.0 Å². The zero-order chi connectivity index (χ0) is 14.8. The van der Waals surface area contributed by atoms with E-state index in [-0.39, 0.29) is 23.3 Å². The Morgan fingerprint density at radius 1 is 1.45 bits per heavy atom. The minimum Gasteiger partial charge on any atom is -0.428 e. The summed E-state index contributed by atoms with van der Waals surface area (Å²) >= 11 is 0. The van der Waals surface area contributed by atoms with Gasteiger partial charge in [0.2, 0.25) is 15.7 Å². The van der Waals surface area contributed by atoms with Crippen molar-refractivity contribution in [3.63, 3.8) is 0 Å². The molecule has 20 heavy (non-hydrogen) atoms. The van der Waals surface area contributed by atoms with Gasteiger partial charge in [0.1, 0.15) is 5.52 Å². The number of rotatable bonds is 5. The molecule has 2 rings (SSSR count). The number of fused-ring (bicyclic) bond motifs is 1. The van der Waals surface area contributed by atoms with Crippen LogP contribution in [-0.2, 0) is 14.6 Å². The van der Waals surface area contributed by atoms with E-state index < -0.39 is 9.84 Å². The van der Waals surface area contributed by atoms with Crippen molar-refractivity contribution in [3.05, 3.63) is 18.2 Å². The van der Waals surface area contributed by atoms with Crippen molar-refractivity contribution in [3.8, 4) is 0 Å². The van der Waals surface area contributed by atoms with Crippen LogP contribution in [-0.4, -0.2) is 31.6 Å². The van der Waals surface area contributed by atoms with Gasteiger partial charge < -0.3 is 15.5 Å². The Labute approximate surface area is 116 Å². The molecule has 1 aromatic carbocycles. The average Bonchev–Trinajstić information content (AvgIpc) is 2.80. The topological polar surface area (TPSA) is 115 Å². The molecular weight excluding hydrogens is 282 g/mol. The number of benzene rings is 1. The molecule has 3 N–H and O–H groups in total. The molecule has 7 nitrogen and oxygen atoms in total. The molecule has 0 saturated heterocycles. The molecule has 0 radical (unpaired) electrons. The molecule has 0 saturated carbocycles. The van der Waals surface area contributed by atoms with Gasteiger partial charge in [-0.1, -0.05) is 0 Å². The number of aromatic nitrogens is 1. The van der Waals surface area contributed by atoms with E-state index in [9.17, 15) is 13.2 Å². The SMILES string of the molecule is CCNC(=O)CCS(=O)(=O)c1nc2cc(N)ccc2o1. The fourth-order valence-electron chi connectivity index (χ4n) is 1.66. The monoisotopic (exact) mass is 297 g/mol. The molecule has 1 amide bonds. The Hall–Kier alpha value is -2.09. The van der Waals surface area contributed by atoms with Crippen LogP contribution in [0.4, 0.5) is 5.69 Å². The normalized spacial score (nSPS) is 11.7. The zero-order valence-corrected chi connectivity index (χ0v) is 11.7. The molecule has 2 aromatic rings. The molecule has 0 aliphatic heterocycles. The summed E-state index contributed by atoms with van der Waals surface area (Å²) in [5.74, 6) is -0.669. The van der Waals surface area contributed by atoms with E-state index in [1.807, 2.05) is 0 Å². The number of hydrogen-bond donors (Lipinski definition) is 2. The summed E-state index contributed by atoms with van der Waals surface area (Å²) in [6.07, 6.45) is -0.128. The third kappa shape index (κ3) is 3.08. The van der Waals surface area contributed by atoms with Gasteiger partial charge in [-0.25, -0.2) is 8.42 Å². The van der Waals surface area contributed by atoms with Crippen LogP contribution < -0.4 is 11.1 Å². The van der Waals surface area contributed by atoms with E-state index in [0.717, 1.165) is 0 Å². The Kier molecular flexibility index (Phi) is 3.93. The molecule has 0 atom stereocenters. The van der Waals surface area contributed by atoms with E-state index in [1.165, 1.54) is 6.07 Å². The number of oxazole rings is 1. The summed E-state index contributed by atoms with van der Waals surface area (Å²) in [7, 11) is -3.73. The first-order valence-corrected chi connectivity index (χ1v) is 7.73. The predicted molar refractivity (Wildman–Crippen MR) is 73.8 cm³/mol. The van der Waals surface area contributed by atoms with Gasteiger partial charge in [-0.05, 0) is 25.1 Å². The fraction of sp³-hybridized carbons (Fsp3) is 0.333. The van der Waals surface area contributed by atoms with Crippen LogP contribution in [0.25, 0.3) is 11.1 Å². The Morgan fingerprint density at radius 3 is 2.90 bits per heavy atom. The lowest BCUT2D eigenvalue weighted by Gasteiger charge is -2.01. The van der Waals surface area contributed by atoms with Crippen LogP contribution in [0.3, 0.4) is 0 Å². The van der Waals surface area contributed by atoms with Crippen LogP contribution in [0.5, 0.6) is 0 Å². The molecule has 0 fully saturated rings. The maximum Gasteiger partial charge on any atom is 0.316 e. The number of carbonyl (C=O) groups excluding carboxylic acids is 1. The summed E-state index contributed by atoms with van der Waals surface area (Å²) < 4.78 is 29.2. The summed E-state index contributed by atoms with van der Waals surface area (Å²) in [6.45, 7) is 2.22. The number of nitrogens with two attached hydrogens (primary N) is 1. The van der Waals surface area contributed by atoms with Crippen molar-refractivity contribution < 1.29 is 17.6 Å². The predicted octanol–water partition coefficient (Wildman–Crippen LogP) is 0.710. The highest BCUT2D eigenvalue weighted by Gasteiger charge is 2.23. The molecule has 8 heteroatoms. The quantitative estimate of drug-likeness (QED) is 0.785. The Balaban J connectivity index is 2.21. The van der Waals surface area contributed by atoms with E-state index >= 15 is 0 Å². The number of amides is 1. The zero-order valence-electron chi connectivity index (χ0n) is 10.9. The highest BCUT2D eigenvalue weighted by Crippen LogP contribution is 2.21. The van der Waals surface area contributed by atoms with Gasteiger partial charge in [-0.2, -0.15) is 4.98 Å². The first-order chi connectivity index (χ1) is 9.42. The first kappa shape index (κ1) is 14.3. The first-order valence-electron chi connectivity index (χ1n) is 6.08. The van der Waals surface area contributed by atoms with E-state index in [2.05, 4.69) is 10.3 Å². The molecule has 0 spiro atoms. The van der Waals surface area contributed by atoms with Gasteiger partial charge in [-0.3, -0.25) is 4.79 Å². The van der Waals surface area contributed by atoms with Crippen LogP contribution in [0.1, 0.15) is 13.3 Å². The molecule has 1 heterocycles. The molecule has 1 aromatic heterocycles. The van der Waals surface area contributed by atoms with Crippen molar-refractivity contribution >= 4 is 32.5 Å². The van der Waals surface area contributed by atoms with Gasteiger partial charge in [-0.15, -0.1) is 0 Å². The van der Waals surface area contributed by atoms with Gasteiger partial charge in [0.25, 0.3) is 0 Å². The standard InChI is InChI=1S/C12H15N3O4S/c1-2-14-11(16)5-6-20(17,18)12-15-9-7-8(13)3-4-10(9)19-12/h3-4,7H,2,5-6,13H2,1H3,(H,14,16). The molecule has 0 unspecified atom stereocenters. The van der Waals surface area contributed by atoms with Gasteiger partial charge in [0.05, 0.1) is 5.75 Å². The van der Waals surface area contributed by atoms with Crippen LogP contribution in [0.15, 0.2) is 27.8 Å². The average molecular weight is 297 g/mol. The molecule has 0 aliphatic carbocycles. The van der Waals surface area contributed by atoms with Crippen molar-refractivity contribution in [2.45, 2.75) is 18.6 Å². The van der Waals surface area contributed by atoms with Crippen LogP contribution in [0, 0.1) is 0 Å². The number of nitrogens with zero attached hydrogens (tertiary/aromatic N) is 1. The minimum atomic E-state index is -3.73. The summed E-state index contributed by atoms with van der Waals surface area (Å²) in [5.41, 5.74) is 6.78. The highest BCUT2D eigenvalue weighted by molar-refractivity contribution is 7.91. The highest BCUT2D eigenvalue weighted by atomic mass is 32.2. The van der Waals surface area contributed by atoms with E-state index in [0.29, 0.717) is 23.3 Å². The van der Waals surface area contributed by atoms with Crippen molar-refractivity contribution in [2.24, 2.45) is 0 Å². The number of sulfone groups is 1. The lowest BCUT2D eigenvalue weighted by atomic mass is 10.3. The number of anilines is 1. The maximum absolute atomic E-state index is 12.0. The number of nitrogen functional groups attached to an aromatic ring is 1. The second-order valence-electron chi connectivity index (χ2n) is 4.23. The lowest BCUT2D eigenvalue weighted by Crippen LogP contribution is -2.25.